The first kappa shape index (κ1) is 17.4. The van der Waals surface area contributed by atoms with Gasteiger partial charge in [-0.05, 0) is 24.5 Å². The molecule has 1 heterocycles. The molecule has 1 fully saturated rings. The molecule has 0 spiro atoms. The van der Waals surface area contributed by atoms with Crippen LogP contribution in [0.3, 0.4) is 0 Å². The number of carbonyl (C=O) groups is 2. The molecule has 6 nitrogen and oxygen atoms in total. The monoisotopic (exact) mass is 340 g/mol. The first-order valence-electron chi connectivity index (χ1n) is 7.60. The number of nitrogens with one attached hydrogen (secondary N) is 1. The maximum atomic E-state index is 12.1. The van der Waals surface area contributed by atoms with E-state index in [1.165, 1.54) is 0 Å². The van der Waals surface area contributed by atoms with Crippen molar-refractivity contribution in [1.82, 2.24) is 10.2 Å². The Hall–Kier alpha value is -1.95. The van der Waals surface area contributed by atoms with Crippen molar-refractivity contribution in [3.8, 4) is 5.75 Å². The number of carbonyl (C=O) groups excluding carboxylic acids is 1. The summed E-state index contributed by atoms with van der Waals surface area (Å²) in [4.78, 5) is 24.8. The summed E-state index contributed by atoms with van der Waals surface area (Å²) in [5, 5.41) is 12.4. The number of benzene rings is 1. The van der Waals surface area contributed by atoms with Crippen molar-refractivity contribution < 1.29 is 19.4 Å². The van der Waals surface area contributed by atoms with Crippen molar-refractivity contribution in [3.63, 3.8) is 0 Å². The van der Waals surface area contributed by atoms with Gasteiger partial charge in [-0.25, -0.2) is 4.79 Å². The molecule has 0 saturated carbocycles. The summed E-state index contributed by atoms with van der Waals surface area (Å²) < 4.78 is 5.50. The number of rotatable bonds is 5. The average molecular weight is 341 g/mol. The Labute approximate surface area is 140 Å². The summed E-state index contributed by atoms with van der Waals surface area (Å²) in [5.74, 6) is -0.601. The van der Waals surface area contributed by atoms with Crippen molar-refractivity contribution in [2.24, 2.45) is 11.8 Å². The van der Waals surface area contributed by atoms with E-state index in [1.807, 2.05) is 19.1 Å². The average Bonchev–Trinajstić information content (AvgIpc) is 2.52. The Kier molecular flexibility index (Phi) is 6.10. The van der Waals surface area contributed by atoms with Crippen LogP contribution in [0.25, 0.3) is 0 Å². The van der Waals surface area contributed by atoms with E-state index in [0.29, 0.717) is 36.9 Å². The van der Waals surface area contributed by atoms with E-state index in [0.717, 1.165) is 0 Å². The fourth-order valence-corrected chi connectivity index (χ4v) is 2.88. The SMILES string of the molecule is CC1CC(C(=O)O)CN(C(=O)NCCOc2ccccc2Cl)C1. The van der Waals surface area contributed by atoms with Crippen LogP contribution in [-0.2, 0) is 4.79 Å². The van der Waals surface area contributed by atoms with E-state index in [9.17, 15) is 9.59 Å². The molecule has 23 heavy (non-hydrogen) atoms. The van der Waals surface area contributed by atoms with Gasteiger partial charge in [0.05, 0.1) is 17.5 Å². The predicted octanol–water partition coefficient (Wildman–Crippen LogP) is 2.47. The molecule has 1 aromatic carbocycles. The van der Waals surface area contributed by atoms with Crippen LogP contribution in [0, 0.1) is 11.8 Å². The lowest BCUT2D eigenvalue weighted by atomic mass is 9.91. The summed E-state index contributed by atoms with van der Waals surface area (Å²) in [7, 11) is 0. The fraction of sp³-hybridized carbons (Fsp3) is 0.500. The molecule has 2 amide bonds. The van der Waals surface area contributed by atoms with Crippen molar-refractivity contribution in [3.05, 3.63) is 29.3 Å². The minimum atomic E-state index is -0.851. The van der Waals surface area contributed by atoms with E-state index in [-0.39, 0.29) is 18.5 Å². The summed E-state index contributed by atoms with van der Waals surface area (Å²) in [6.45, 7) is 3.39. The maximum Gasteiger partial charge on any atom is 0.317 e. The summed E-state index contributed by atoms with van der Waals surface area (Å²) in [6.07, 6.45) is 0.606. The molecule has 1 aliphatic heterocycles. The van der Waals surface area contributed by atoms with Crippen molar-refractivity contribution >= 4 is 23.6 Å². The van der Waals surface area contributed by atoms with Gasteiger partial charge in [0.2, 0.25) is 0 Å². The third kappa shape index (κ3) is 5.03. The molecule has 2 rings (SSSR count). The van der Waals surface area contributed by atoms with Crippen LogP contribution in [0.5, 0.6) is 5.75 Å². The number of carboxylic acid groups (broad SMARTS) is 1. The van der Waals surface area contributed by atoms with Crippen LogP contribution in [0.15, 0.2) is 24.3 Å². The zero-order chi connectivity index (χ0) is 16.8. The highest BCUT2D eigenvalue weighted by Crippen LogP contribution is 2.23. The molecule has 1 aromatic rings. The highest BCUT2D eigenvalue weighted by atomic mass is 35.5. The molecule has 2 atom stereocenters. The molecule has 2 unspecified atom stereocenters. The zero-order valence-electron chi connectivity index (χ0n) is 13.0. The Morgan fingerprint density at radius 3 is 2.83 bits per heavy atom. The molecule has 126 valence electrons. The minimum absolute atomic E-state index is 0.176. The summed E-state index contributed by atoms with van der Waals surface area (Å²) in [6, 6.07) is 6.87. The van der Waals surface area contributed by atoms with Crippen LogP contribution in [0.1, 0.15) is 13.3 Å². The smallest absolute Gasteiger partial charge is 0.317 e. The lowest BCUT2D eigenvalue weighted by molar-refractivity contribution is -0.143. The molecule has 0 aromatic heterocycles. The number of hydrogen-bond donors (Lipinski definition) is 2. The second-order valence-corrected chi connectivity index (χ2v) is 6.20. The van der Waals surface area contributed by atoms with Gasteiger partial charge in [0, 0.05) is 13.1 Å². The number of halogens is 1. The zero-order valence-corrected chi connectivity index (χ0v) is 13.8. The summed E-state index contributed by atoms with van der Waals surface area (Å²) in [5.41, 5.74) is 0. The third-order valence-electron chi connectivity index (χ3n) is 3.77. The first-order valence-corrected chi connectivity index (χ1v) is 7.98. The van der Waals surface area contributed by atoms with Gasteiger partial charge < -0.3 is 20.1 Å². The normalized spacial score (nSPS) is 20.9. The second kappa shape index (κ2) is 8.06. The maximum absolute atomic E-state index is 12.1. The van der Waals surface area contributed by atoms with Gasteiger partial charge in [-0.2, -0.15) is 0 Å². The van der Waals surface area contributed by atoms with Crippen molar-refractivity contribution in [1.29, 1.82) is 0 Å². The molecule has 1 aliphatic rings. The quantitative estimate of drug-likeness (QED) is 0.807. The molecular weight excluding hydrogens is 320 g/mol. The molecule has 0 bridgehead atoms. The summed E-state index contributed by atoms with van der Waals surface area (Å²) >= 11 is 5.97. The number of nitrogens with zero attached hydrogens (tertiary/aromatic N) is 1. The van der Waals surface area contributed by atoms with Gasteiger partial charge in [0.1, 0.15) is 12.4 Å². The van der Waals surface area contributed by atoms with Crippen LogP contribution in [-0.4, -0.2) is 48.2 Å². The molecule has 1 saturated heterocycles. The third-order valence-corrected chi connectivity index (χ3v) is 4.08. The van der Waals surface area contributed by atoms with Crippen LogP contribution >= 0.6 is 11.6 Å². The number of amides is 2. The number of carboxylic acids is 1. The van der Waals surface area contributed by atoms with Crippen molar-refractivity contribution in [2.45, 2.75) is 13.3 Å². The van der Waals surface area contributed by atoms with Crippen molar-refractivity contribution in [2.75, 3.05) is 26.2 Å². The van der Waals surface area contributed by atoms with E-state index >= 15 is 0 Å². The highest BCUT2D eigenvalue weighted by Gasteiger charge is 2.31. The number of aliphatic carboxylic acids is 1. The van der Waals surface area contributed by atoms with Gasteiger partial charge >= 0.3 is 12.0 Å². The van der Waals surface area contributed by atoms with Gasteiger partial charge in [-0.3, -0.25) is 4.79 Å². The first-order chi connectivity index (χ1) is 11.0. The lowest BCUT2D eigenvalue weighted by Crippen LogP contribution is -2.50. The highest BCUT2D eigenvalue weighted by molar-refractivity contribution is 6.32. The number of piperidine rings is 1. The van der Waals surface area contributed by atoms with Gasteiger partial charge in [0.15, 0.2) is 0 Å². The minimum Gasteiger partial charge on any atom is -0.490 e. The Balaban J connectivity index is 1.76. The van der Waals surface area contributed by atoms with E-state index < -0.39 is 11.9 Å². The number of urea groups is 1. The molecule has 0 radical (unpaired) electrons. The van der Waals surface area contributed by atoms with Gasteiger partial charge in [0.25, 0.3) is 0 Å². The fourth-order valence-electron chi connectivity index (χ4n) is 2.69. The second-order valence-electron chi connectivity index (χ2n) is 5.79. The van der Waals surface area contributed by atoms with Crippen LogP contribution in [0.2, 0.25) is 5.02 Å². The van der Waals surface area contributed by atoms with Crippen LogP contribution in [0.4, 0.5) is 4.79 Å². The molecule has 0 aliphatic carbocycles. The number of para-hydroxylation sites is 1. The van der Waals surface area contributed by atoms with E-state index in [1.54, 1.807) is 17.0 Å². The predicted molar refractivity (Wildman–Crippen MR) is 86.8 cm³/mol. The Morgan fingerprint density at radius 1 is 1.39 bits per heavy atom. The molecule has 2 N–H and O–H groups in total. The standard InChI is InChI=1S/C16H21ClN2O4/c1-11-8-12(15(20)21)10-19(9-11)16(22)18-6-7-23-14-5-3-2-4-13(14)17/h2-5,11-12H,6-10H2,1H3,(H,18,22)(H,20,21). The number of hydrogen-bond acceptors (Lipinski definition) is 3. The Morgan fingerprint density at radius 2 is 2.13 bits per heavy atom. The van der Waals surface area contributed by atoms with E-state index in [4.69, 9.17) is 21.4 Å². The number of likely N-dealkylation sites (tertiary alicyclic amines) is 1. The van der Waals surface area contributed by atoms with Gasteiger partial charge in [-0.1, -0.05) is 30.7 Å². The topological polar surface area (TPSA) is 78.9 Å². The van der Waals surface area contributed by atoms with Gasteiger partial charge in [-0.15, -0.1) is 0 Å². The van der Waals surface area contributed by atoms with E-state index in [2.05, 4.69) is 5.32 Å². The van der Waals surface area contributed by atoms with Crippen LogP contribution < -0.4 is 10.1 Å². The largest absolute Gasteiger partial charge is 0.490 e. The molecule has 7 heteroatoms. The lowest BCUT2D eigenvalue weighted by Gasteiger charge is -2.34. The number of ether oxygens (including phenoxy) is 1. The molecular formula is C16H21ClN2O4. The Bertz CT molecular complexity index is 567.